The maximum atomic E-state index is 14.3. The maximum Gasteiger partial charge on any atom is 0.273 e. The Kier molecular flexibility index (Phi) is 9.65. The monoisotopic (exact) mass is 736 g/mol. The van der Waals surface area contributed by atoms with Crippen LogP contribution in [0.25, 0.3) is 33.6 Å². The second-order valence-corrected chi connectivity index (χ2v) is 15.4. The number of aromatic nitrogens is 5. The third kappa shape index (κ3) is 6.78. The van der Waals surface area contributed by atoms with Crippen LogP contribution in [0.2, 0.25) is 0 Å². The number of H-pyrrole nitrogens is 2. The first-order valence-corrected chi connectivity index (χ1v) is 20.1. The zero-order valence-electron chi connectivity index (χ0n) is 30.2. The lowest BCUT2D eigenvalue weighted by Crippen LogP contribution is -2.44. The molecule has 0 aliphatic carbocycles. The van der Waals surface area contributed by atoms with Gasteiger partial charge in [-0.05, 0) is 79.4 Å². The molecule has 6 aromatic rings. The highest BCUT2D eigenvalue weighted by molar-refractivity contribution is 7.07. The predicted octanol–water partition coefficient (Wildman–Crippen LogP) is 8.46. The van der Waals surface area contributed by atoms with Crippen LogP contribution < -0.4 is 0 Å². The van der Waals surface area contributed by atoms with Crippen LogP contribution in [0.15, 0.2) is 102 Å². The molecule has 10 nitrogen and oxygen atoms in total. The Labute approximate surface area is 319 Å². The number of nitrogens with one attached hydrogen (secondary N) is 2. The Bertz CT molecular complexity index is 2190. The van der Waals surface area contributed by atoms with Gasteiger partial charge in [0.25, 0.3) is 5.91 Å². The number of likely N-dealkylation sites (tertiary alicyclic amines) is 3. The van der Waals surface area contributed by atoms with Crippen LogP contribution in [0.4, 0.5) is 0 Å². The van der Waals surface area contributed by atoms with Crippen molar-refractivity contribution in [3.8, 4) is 33.6 Å². The van der Waals surface area contributed by atoms with Crippen molar-refractivity contribution in [1.29, 1.82) is 0 Å². The second-order valence-electron chi connectivity index (χ2n) is 14.6. The summed E-state index contributed by atoms with van der Waals surface area (Å²) >= 11 is 1.44. The molecular formula is C43H44N8O2S. The van der Waals surface area contributed by atoms with Crippen LogP contribution in [0.3, 0.4) is 0 Å². The first kappa shape index (κ1) is 34.4. The highest BCUT2D eigenvalue weighted by atomic mass is 32.1. The van der Waals surface area contributed by atoms with Gasteiger partial charge in [0.05, 0.1) is 41.4 Å². The van der Waals surface area contributed by atoms with Gasteiger partial charge in [0.2, 0.25) is 5.91 Å². The maximum absolute atomic E-state index is 14.3. The van der Waals surface area contributed by atoms with Crippen molar-refractivity contribution in [3.63, 3.8) is 0 Å². The van der Waals surface area contributed by atoms with Crippen LogP contribution in [0.5, 0.6) is 0 Å². The fourth-order valence-electron chi connectivity index (χ4n) is 8.54. The van der Waals surface area contributed by atoms with Gasteiger partial charge in [-0.25, -0.2) is 15.0 Å². The molecule has 0 unspecified atom stereocenters. The number of hydrogen-bond donors (Lipinski definition) is 2. The van der Waals surface area contributed by atoms with Gasteiger partial charge in [-0.3, -0.25) is 14.5 Å². The van der Waals surface area contributed by atoms with E-state index in [-0.39, 0.29) is 29.9 Å². The van der Waals surface area contributed by atoms with E-state index >= 15 is 0 Å². The average molecular weight is 737 g/mol. The predicted molar refractivity (Wildman–Crippen MR) is 210 cm³/mol. The number of hydrogen-bond acceptors (Lipinski definition) is 7. The van der Waals surface area contributed by atoms with Gasteiger partial charge in [-0.15, -0.1) is 11.3 Å². The molecule has 0 spiro atoms. The zero-order chi connectivity index (χ0) is 36.4. The molecule has 9 rings (SSSR count). The molecular weight excluding hydrogens is 693 g/mol. The summed E-state index contributed by atoms with van der Waals surface area (Å²) in [5.74, 6) is 1.82. The molecule has 54 heavy (non-hydrogen) atoms. The van der Waals surface area contributed by atoms with Crippen LogP contribution in [0, 0.1) is 0 Å². The smallest absolute Gasteiger partial charge is 0.273 e. The van der Waals surface area contributed by atoms with Crippen molar-refractivity contribution in [2.75, 3.05) is 26.2 Å². The standard InChI is InChI=1S/C43H44N8O2S/c52-42(36-27-54-28-46-36)50-23-7-11-37(50)40-44-25-34(47-40)31-17-13-29(14-18-31)30-15-19-32(20-16-30)35-26-45-41(48-35)38-12-8-24-51(38)43(53)39(33-9-3-1-4-10-33)49-21-5-2-6-22-49/h1,3-4,9-10,13-20,25-28,37-39H,2,5-8,11-12,21-24H2,(H,44,47)(H,45,48)/t37-,38-,39+/m0/s1. The number of carbonyl (C=O) groups excluding carboxylic acids is 2. The van der Waals surface area contributed by atoms with E-state index in [1.54, 1.807) is 10.9 Å². The number of piperidine rings is 1. The Morgan fingerprint density at radius 1 is 0.630 bits per heavy atom. The number of benzene rings is 3. The lowest BCUT2D eigenvalue weighted by Gasteiger charge is -2.37. The molecule has 274 valence electrons. The highest BCUT2D eigenvalue weighted by Gasteiger charge is 2.39. The number of amides is 2. The number of imidazole rings is 2. The van der Waals surface area contributed by atoms with Crippen molar-refractivity contribution >= 4 is 23.2 Å². The van der Waals surface area contributed by atoms with Crippen molar-refractivity contribution in [2.45, 2.75) is 63.1 Å². The largest absolute Gasteiger partial charge is 0.340 e. The van der Waals surface area contributed by atoms with Crippen LogP contribution in [-0.2, 0) is 4.79 Å². The van der Waals surface area contributed by atoms with E-state index in [0.29, 0.717) is 12.2 Å². The number of carbonyl (C=O) groups is 2. The summed E-state index contributed by atoms with van der Waals surface area (Å²) in [6.07, 6.45) is 11.0. The third-order valence-electron chi connectivity index (χ3n) is 11.4. The topological polar surface area (TPSA) is 114 Å². The summed E-state index contributed by atoms with van der Waals surface area (Å²) < 4.78 is 0. The van der Waals surface area contributed by atoms with Gasteiger partial charge in [-0.2, -0.15) is 0 Å². The molecule has 0 saturated carbocycles. The molecule has 11 heteroatoms. The molecule has 3 atom stereocenters. The quantitative estimate of drug-likeness (QED) is 0.154. The van der Waals surface area contributed by atoms with Crippen LogP contribution >= 0.6 is 11.3 Å². The van der Waals surface area contributed by atoms with Gasteiger partial charge >= 0.3 is 0 Å². The average Bonchev–Trinajstić information content (AvgIpc) is 4.08. The summed E-state index contributed by atoms with van der Waals surface area (Å²) in [5, 5.41) is 1.81. The van der Waals surface area contributed by atoms with Gasteiger partial charge in [0, 0.05) is 18.5 Å². The van der Waals surface area contributed by atoms with Crippen molar-refractivity contribution in [1.82, 2.24) is 39.6 Å². The minimum absolute atomic E-state index is 0.0345. The lowest BCUT2D eigenvalue weighted by molar-refractivity contribution is -0.139. The van der Waals surface area contributed by atoms with Crippen molar-refractivity contribution < 1.29 is 9.59 Å². The molecule has 3 aromatic heterocycles. The molecule has 6 heterocycles. The Morgan fingerprint density at radius 2 is 1.19 bits per heavy atom. The first-order chi connectivity index (χ1) is 26.6. The van der Waals surface area contributed by atoms with Gasteiger partial charge in [0.1, 0.15) is 23.4 Å². The lowest BCUT2D eigenvalue weighted by atomic mass is 10.00. The molecule has 0 bridgehead atoms. The van der Waals surface area contributed by atoms with Gasteiger partial charge < -0.3 is 19.8 Å². The minimum atomic E-state index is -0.255. The summed E-state index contributed by atoms with van der Waals surface area (Å²) in [5.41, 5.74) is 9.49. The molecule has 3 aliphatic rings. The molecule has 2 amide bonds. The Morgan fingerprint density at radius 3 is 1.76 bits per heavy atom. The fourth-order valence-corrected chi connectivity index (χ4v) is 9.07. The van der Waals surface area contributed by atoms with Gasteiger partial charge in [-0.1, -0.05) is 85.3 Å². The Hall–Kier alpha value is -5.39. The van der Waals surface area contributed by atoms with Crippen molar-refractivity contribution in [2.24, 2.45) is 0 Å². The number of aromatic amines is 2. The van der Waals surface area contributed by atoms with E-state index in [1.165, 1.54) is 17.8 Å². The second kappa shape index (κ2) is 15.2. The summed E-state index contributed by atoms with van der Waals surface area (Å²) in [6.45, 7) is 3.37. The molecule has 0 radical (unpaired) electrons. The highest BCUT2D eigenvalue weighted by Crippen LogP contribution is 2.37. The summed E-state index contributed by atoms with van der Waals surface area (Å²) in [6, 6.07) is 26.9. The molecule has 3 aromatic carbocycles. The summed E-state index contributed by atoms with van der Waals surface area (Å²) in [4.78, 5) is 54.5. The number of thiazole rings is 1. The normalized spacial score (nSPS) is 19.7. The summed E-state index contributed by atoms with van der Waals surface area (Å²) in [7, 11) is 0. The fraction of sp³-hybridized carbons (Fsp3) is 0.326. The van der Waals surface area contributed by atoms with Crippen LogP contribution in [-0.4, -0.2) is 77.6 Å². The molecule has 3 aliphatic heterocycles. The SMILES string of the molecule is O=C(c1cscn1)N1CCC[C@H]1c1ncc(-c2ccc(-c3ccc(-c4cnc([C@@H]5CCCN5C(=O)[C@@H](c5ccccc5)N5CCCCC5)[nH]4)cc3)cc2)[nH]1. The van der Waals surface area contributed by atoms with Crippen LogP contribution in [0.1, 0.15) is 90.8 Å². The molecule has 2 N–H and O–H groups in total. The zero-order valence-corrected chi connectivity index (χ0v) is 31.0. The Balaban J connectivity index is 0.871. The first-order valence-electron chi connectivity index (χ1n) is 19.2. The number of nitrogens with zero attached hydrogens (tertiary/aromatic N) is 6. The van der Waals surface area contributed by atoms with E-state index in [0.717, 1.165) is 109 Å². The van der Waals surface area contributed by atoms with E-state index in [4.69, 9.17) is 9.97 Å². The van der Waals surface area contributed by atoms with E-state index in [2.05, 4.69) is 85.4 Å². The van der Waals surface area contributed by atoms with E-state index in [9.17, 15) is 9.59 Å². The van der Waals surface area contributed by atoms with Gasteiger partial charge in [0.15, 0.2) is 0 Å². The molecule has 3 fully saturated rings. The van der Waals surface area contributed by atoms with E-state index < -0.39 is 0 Å². The van der Waals surface area contributed by atoms with E-state index in [1.807, 2.05) is 35.5 Å². The number of rotatable bonds is 9. The van der Waals surface area contributed by atoms with Crippen molar-refractivity contribution in [3.05, 3.63) is 125 Å². The third-order valence-corrected chi connectivity index (χ3v) is 11.9. The molecule has 3 saturated heterocycles. The minimum Gasteiger partial charge on any atom is -0.340 e.